The first-order valence-electron chi connectivity index (χ1n) is 3.22. The Morgan fingerprint density at radius 1 is 1.78 bits per heavy atom. The molecule has 0 radical (unpaired) electrons. The minimum absolute atomic E-state index is 0.316. The van der Waals surface area contributed by atoms with E-state index in [-0.39, 0.29) is 0 Å². The molecule has 0 bridgehead atoms. The maximum absolute atomic E-state index is 10.8. The fourth-order valence-corrected chi connectivity index (χ4v) is 1.26. The lowest BCUT2D eigenvalue weighted by atomic mass is 10.1. The van der Waals surface area contributed by atoms with E-state index in [2.05, 4.69) is 5.73 Å². The molecule has 1 unspecified atom stereocenters. The molecular formula is C6H13N2O+. The Hall–Kier alpha value is -0.410. The third kappa shape index (κ3) is 1.77. The van der Waals surface area contributed by atoms with Gasteiger partial charge in [0.1, 0.15) is 6.04 Å². The average Bonchev–Trinajstić information content (AvgIpc) is 1.59. The molecule has 0 aromatic heterocycles. The fraction of sp³-hybridized carbons (Fsp3) is 0.833. The molecular weight excluding hydrogens is 116 g/mol. The van der Waals surface area contributed by atoms with Crippen LogP contribution in [-0.4, -0.2) is 36.9 Å². The Kier molecular flexibility index (Phi) is 1.83. The van der Waals surface area contributed by atoms with Crippen LogP contribution in [0.4, 0.5) is 0 Å². The number of ketones is 1. The molecule has 0 aromatic carbocycles. The van der Waals surface area contributed by atoms with Gasteiger partial charge in [-0.3, -0.25) is 9.69 Å². The number of carbonyl (C=O) groups excluding carboxylic acids is 1. The second kappa shape index (κ2) is 2.45. The van der Waals surface area contributed by atoms with E-state index in [4.69, 9.17) is 0 Å². The topological polar surface area (TPSA) is 48.0 Å². The highest BCUT2D eigenvalue weighted by molar-refractivity contribution is 5.81. The Labute approximate surface area is 54.8 Å². The van der Waals surface area contributed by atoms with E-state index in [1.807, 2.05) is 11.9 Å². The second-order valence-electron chi connectivity index (χ2n) is 2.81. The summed E-state index contributed by atoms with van der Waals surface area (Å²) in [7, 11) is 1.95. The predicted octanol–water partition coefficient (Wildman–Crippen LogP) is -1.50. The lowest BCUT2D eigenvalue weighted by Gasteiger charge is -2.23. The van der Waals surface area contributed by atoms with E-state index >= 15 is 0 Å². The third-order valence-electron chi connectivity index (χ3n) is 1.53. The van der Waals surface area contributed by atoms with Crippen molar-refractivity contribution in [3.05, 3.63) is 0 Å². The summed E-state index contributed by atoms with van der Waals surface area (Å²) in [5.74, 6) is 0.323. The molecule has 9 heavy (non-hydrogen) atoms. The lowest BCUT2D eigenvalue weighted by Crippen LogP contribution is -2.67. The minimum atomic E-state index is 0.316. The van der Waals surface area contributed by atoms with Crippen LogP contribution in [0.25, 0.3) is 0 Å². The zero-order valence-corrected chi connectivity index (χ0v) is 5.76. The van der Waals surface area contributed by atoms with Crippen LogP contribution in [0.1, 0.15) is 6.42 Å². The van der Waals surface area contributed by atoms with Crippen LogP contribution in [0.15, 0.2) is 0 Å². The first-order valence-corrected chi connectivity index (χ1v) is 3.22. The molecule has 3 heteroatoms. The van der Waals surface area contributed by atoms with Gasteiger partial charge in [0.15, 0.2) is 5.78 Å². The van der Waals surface area contributed by atoms with Crippen LogP contribution in [0.3, 0.4) is 0 Å². The fourth-order valence-electron chi connectivity index (χ4n) is 1.26. The largest absolute Gasteiger partial charge is 0.354 e. The average molecular weight is 129 g/mol. The summed E-state index contributed by atoms with van der Waals surface area (Å²) in [5.41, 5.74) is 3.84. The summed E-state index contributed by atoms with van der Waals surface area (Å²) in [6.45, 7) is 1.58. The van der Waals surface area contributed by atoms with E-state index in [0.29, 0.717) is 24.8 Å². The Morgan fingerprint density at radius 3 is 2.89 bits per heavy atom. The maximum atomic E-state index is 10.8. The molecule has 1 heterocycles. The van der Waals surface area contributed by atoms with Crippen LogP contribution < -0.4 is 5.73 Å². The van der Waals surface area contributed by atoms with Gasteiger partial charge in [0.2, 0.25) is 0 Å². The summed E-state index contributed by atoms with van der Waals surface area (Å²) in [4.78, 5) is 12.8. The van der Waals surface area contributed by atoms with Crippen molar-refractivity contribution in [2.45, 2.75) is 12.5 Å². The number of carbonyl (C=O) groups is 1. The van der Waals surface area contributed by atoms with Crippen molar-refractivity contribution in [3.8, 4) is 0 Å². The molecule has 3 nitrogen and oxygen atoms in total. The van der Waals surface area contributed by atoms with E-state index in [0.717, 1.165) is 6.54 Å². The first kappa shape index (κ1) is 6.71. The molecule has 0 spiro atoms. The quantitative estimate of drug-likeness (QED) is 0.433. The molecule has 1 rings (SSSR count). The summed E-state index contributed by atoms with van der Waals surface area (Å²) in [6.07, 6.45) is 0.671. The van der Waals surface area contributed by atoms with Gasteiger partial charge in [-0.05, 0) is 7.05 Å². The Morgan fingerprint density at radius 2 is 2.44 bits per heavy atom. The van der Waals surface area contributed by atoms with Crippen molar-refractivity contribution in [1.29, 1.82) is 0 Å². The van der Waals surface area contributed by atoms with Crippen LogP contribution in [-0.2, 0) is 4.79 Å². The third-order valence-corrected chi connectivity index (χ3v) is 1.53. The number of nitrogens with zero attached hydrogens (tertiary/aromatic N) is 1. The number of hydrogen-bond donors (Lipinski definition) is 1. The van der Waals surface area contributed by atoms with Crippen LogP contribution in [0.5, 0.6) is 0 Å². The summed E-state index contributed by atoms with van der Waals surface area (Å²) < 4.78 is 0. The molecule has 1 fully saturated rings. The van der Waals surface area contributed by atoms with Crippen molar-refractivity contribution in [1.82, 2.24) is 4.90 Å². The van der Waals surface area contributed by atoms with Crippen LogP contribution in [0.2, 0.25) is 0 Å². The minimum Gasteiger partial charge on any atom is -0.354 e. The van der Waals surface area contributed by atoms with Crippen LogP contribution >= 0.6 is 0 Å². The van der Waals surface area contributed by atoms with Gasteiger partial charge in [0.25, 0.3) is 0 Å². The van der Waals surface area contributed by atoms with Crippen molar-refractivity contribution < 1.29 is 10.5 Å². The molecule has 0 saturated carbocycles. The number of likely N-dealkylation sites (tertiary alicyclic amines) is 1. The van der Waals surface area contributed by atoms with Gasteiger partial charge >= 0.3 is 0 Å². The van der Waals surface area contributed by atoms with Gasteiger partial charge in [-0.2, -0.15) is 0 Å². The van der Waals surface area contributed by atoms with Gasteiger partial charge in [0.05, 0.1) is 19.5 Å². The highest BCUT2D eigenvalue weighted by Crippen LogP contribution is 1.99. The number of piperidine rings is 1. The maximum Gasteiger partial charge on any atom is 0.152 e. The summed E-state index contributed by atoms with van der Waals surface area (Å²) in [5, 5.41) is 0. The zero-order valence-electron chi connectivity index (χ0n) is 5.76. The summed E-state index contributed by atoms with van der Waals surface area (Å²) in [6, 6.07) is 0.316. The molecule has 52 valence electrons. The number of quaternary nitrogens is 1. The van der Waals surface area contributed by atoms with Gasteiger partial charge in [-0.15, -0.1) is 0 Å². The van der Waals surface area contributed by atoms with Crippen molar-refractivity contribution in [3.63, 3.8) is 0 Å². The number of Topliss-reactive ketones (excluding diaryl/α,β-unsaturated/α-hetero) is 1. The van der Waals surface area contributed by atoms with E-state index in [1.165, 1.54) is 0 Å². The van der Waals surface area contributed by atoms with Gasteiger partial charge < -0.3 is 5.73 Å². The molecule has 1 saturated heterocycles. The van der Waals surface area contributed by atoms with Gasteiger partial charge in [-0.25, -0.2) is 0 Å². The number of likely N-dealkylation sites (N-methyl/N-ethyl adjacent to an activating group) is 1. The van der Waals surface area contributed by atoms with Crippen molar-refractivity contribution in [2.75, 3.05) is 20.1 Å². The monoisotopic (exact) mass is 129 g/mol. The highest BCUT2D eigenvalue weighted by atomic mass is 16.1. The van der Waals surface area contributed by atoms with Crippen molar-refractivity contribution >= 4 is 5.78 Å². The molecule has 0 aromatic rings. The zero-order chi connectivity index (χ0) is 6.85. The molecule has 3 N–H and O–H groups in total. The smallest absolute Gasteiger partial charge is 0.152 e. The lowest BCUT2D eigenvalue weighted by molar-refractivity contribution is -0.421. The molecule has 0 aliphatic carbocycles. The SMILES string of the molecule is CN1CC(=O)CC([NH3+])C1. The standard InChI is InChI=1S/C6H12N2O/c1-8-3-5(7)2-6(9)4-8/h5H,2-4,7H2,1H3/p+1. The van der Waals surface area contributed by atoms with Crippen molar-refractivity contribution in [2.24, 2.45) is 0 Å². The van der Waals surface area contributed by atoms with E-state index in [1.54, 1.807) is 0 Å². The Balaban J connectivity index is 2.43. The van der Waals surface area contributed by atoms with E-state index < -0.39 is 0 Å². The predicted molar refractivity (Wildman–Crippen MR) is 33.8 cm³/mol. The van der Waals surface area contributed by atoms with Gasteiger partial charge in [0, 0.05) is 0 Å². The molecule has 1 atom stereocenters. The van der Waals surface area contributed by atoms with E-state index in [9.17, 15) is 4.79 Å². The second-order valence-corrected chi connectivity index (χ2v) is 2.81. The number of hydrogen-bond acceptors (Lipinski definition) is 2. The normalized spacial score (nSPS) is 30.9. The molecule has 1 aliphatic heterocycles. The van der Waals surface area contributed by atoms with Crippen LogP contribution in [0, 0.1) is 0 Å². The Bertz CT molecular complexity index is 112. The summed E-state index contributed by atoms with van der Waals surface area (Å²) >= 11 is 0. The number of rotatable bonds is 0. The molecule has 0 amide bonds. The molecule has 1 aliphatic rings. The van der Waals surface area contributed by atoms with Gasteiger partial charge in [-0.1, -0.05) is 0 Å². The highest BCUT2D eigenvalue weighted by Gasteiger charge is 2.21. The first-order chi connectivity index (χ1) is 4.18.